The van der Waals surface area contributed by atoms with Crippen LogP contribution in [0, 0.1) is 6.92 Å². The Morgan fingerprint density at radius 3 is 2.27 bits per heavy atom. The summed E-state index contributed by atoms with van der Waals surface area (Å²) in [5.41, 5.74) is 3.62. The van der Waals surface area contributed by atoms with E-state index in [9.17, 15) is 20.4 Å². The minimum absolute atomic E-state index is 0.414. The molecule has 3 rings (SSSR count). The first-order chi connectivity index (χ1) is 12.4. The molecule has 0 aliphatic carbocycles. The number of thiophene rings is 1. The van der Waals surface area contributed by atoms with Crippen molar-refractivity contribution in [3.63, 3.8) is 0 Å². The topological polar surface area (TPSA) is 90.2 Å². The lowest BCUT2D eigenvalue weighted by Crippen LogP contribution is -2.55. The molecule has 1 aromatic carbocycles. The standard InChI is InChI=1S/C20H26O5S/c1-3-12-4-6-13(7-5-12)9-15-11(2)8-16(26-15)20-19(24)18(23)17(22)14(10-21)25-20/h4-8,14,17-24H,3,9-10H2,1-2H3/t14-,17-,18+,19-,20+/m1/s1. The van der Waals surface area contributed by atoms with Gasteiger partial charge in [-0.1, -0.05) is 31.2 Å². The van der Waals surface area contributed by atoms with Crippen molar-refractivity contribution in [3.8, 4) is 0 Å². The van der Waals surface area contributed by atoms with Gasteiger partial charge in [0.2, 0.25) is 0 Å². The maximum atomic E-state index is 10.3. The van der Waals surface area contributed by atoms with E-state index in [-0.39, 0.29) is 0 Å². The van der Waals surface area contributed by atoms with Crippen molar-refractivity contribution in [1.29, 1.82) is 0 Å². The van der Waals surface area contributed by atoms with Gasteiger partial charge in [-0.05, 0) is 36.1 Å². The normalized spacial score (nSPS) is 29.1. The van der Waals surface area contributed by atoms with Crippen LogP contribution < -0.4 is 0 Å². The van der Waals surface area contributed by atoms with Gasteiger partial charge in [0, 0.05) is 16.2 Å². The zero-order chi connectivity index (χ0) is 18.8. The molecule has 1 aliphatic rings. The second-order valence-corrected chi connectivity index (χ2v) is 8.02. The summed E-state index contributed by atoms with van der Waals surface area (Å²) in [6.45, 7) is 3.73. The quantitative estimate of drug-likeness (QED) is 0.636. The van der Waals surface area contributed by atoms with E-state index < -0.39 is 37.1 Å². The Hall–Kier alpha value is -1.28. The minimum atomic E-state index is -1.35. The van der Waals surface area contributed by atoms with Gasteiger partial charge in [-0.3, -0.25) is 0 Å². The van der Waals surface area contributed by atoms with Crippen molar-refractivity contribution in [2.75, 3.05) is 6.61 Å². The number of aliphatic hydroxyl groups excluding tert-OH is 4. The zero-order valence-corrected chi connectivity index (χ0v) is 15.8. The molecule has 5 nitrogen and oxygen atoms in total. The lowest BCUT2D eigenvalue weighted by atomic mass is 9.94. The monoisotopic (exact) mass is 378 g/mol. The SMILES string of the molecule is CCc1ccc(Cc2sc([C@@H]3O[C@H](CO)[C@@H](O)[C@H](O)[C@H]3O)cc2C)cc1. The molecule has 0 unspecified atom stereocenters. The van der Waals surface area contributed by atoms with Gasteiger partial charge in [0.05, 0.1) is 6.61 Å². The molecule has 0 spiro atoms. The fraction of sp³-hybridized carbons (Fsp3) is 0.500. The number of rotatable bonds is 5. The van der Waals surface area contributed by atoms with E-state index >= 15 is 0 Å². The number of benzene rings is 1. The largest absolute Gasteiger partial charge is 0.394 e. The summed E-state index contributed by atoms with van der Waals surface area (Å²) in [7, 11) is 0. The summed E-state index contributed by atoms with van der Waals surface area (Å²) in [5.74, 6) is 0. The molecular weight excluding hydrogens is 352 g/mol. The van der Waals surface area contributed by atoms with Crippen molar-refractivity contribution >= 4 is 11.3 Å². The molecule has 6 heteroatoms. The molecular formula is C20H26O5S. The summed E-state index contributed by atoms with van der Waals surface area (Å²) in [4.78, 5) is 1.96. The summed E-state index contributed by atoms with van der Waals surface area (Å²) in [5, 5.41) is 39.6. The number of hydrogen-bond acceptors (Lipinski definition) is 6. The number of hydrogen-bond donors (Lipinski definition) is 4. The molecule has 26 heavy (non-hydrogen) atoms. The third kappa shape index (κ3) is 3.86. The summed E-state index contributed by atoms with van der Waals surface area (Å²) >= 11 is 1.53. The Balaban J connectivity index is 1.80. The lowest BCUT2D eigenvalue weighted by molar-refractivity contribution is -0.230. The van der Waals surface area contributed by atoms with Crippen molar-refractivity contribution in [2.45, 2.75) is 57.2 Å². The van der Waals surface area contributed by atoms with E-state index in [1.807, 2.05) is 13.0 Å². The highest BCUT2D eigenvalue weighted by Gasteiger charge is 2.44. The number of aliphatic hydroxyl groups is 4. The van der Waals surface area contributed by atoms with Crippen molar-refractivity contribution in [2.24, 2.45) is 0 Å². The van der Waals surface area contributed by atoms with E-state index in [0.29, 0.717) is 0 Å². The Bertz CT molecular complexity index is 724. The van der Waals surface area contributed by atoms with E-state index in [1.165, 1.54) is 27.3 Å². The van der Waals surface area contributed by atoms with Crippen LogP contribution in [0.25, 0.3) is 0 Å². The van der Waals surface area contributed by atoms with Crippen LogP contribution in [-0.2, 0) is 17.6 Å². The first-order valence-corrected chi connectivity index (χ1v) is 9.73. The van der Waals surface area contributed by atoms with Gasteiger partial charge in [-0.15, -0.1) is 11.3 Å². The predicted molar refractivity (Wildman–Crippen MR) is 100 cm³/mol. The van der Waals surface area contributed by atoms with Gasteiger partial charge in [0.1, 0.15) is 30.5 Å². The van der Waals surface area contributed by atoms with Crippen LogP contribution in [0.4, 0.5) is 0 Å². The van der Waals surface area contributed by atoms with Crippen LogP contribution in [0.15, 0.2) is 30.3 Å². The van der Waals surface area contributed by atoms with Crippen LogP contribution in [0.3, 0.4) is 0 Å². The minimum Gasteiger partial charge on any atom is -0.394 e. The van der Waals surface area contributed by atoms with E-state index in [2.05, 4.69) is 31.2 Å². The van der Waals surface area contributed by atoms with Crippen LogP contribution >= 0.6 is 11.3 Å². The number of aryl methyl sites for hydroxylation is 2. The lowest BCUT2D eigenvalue weighted by Gasteiger charge is -2.39. The van der Waals surface area contributed by atoms with Crippen LogP contribution in [-0.4, -0.2) is 51.4 Å². The first kappa shape index (κ1) is 19.5. The molecule has 2 aromatic rings. The van der Waals surface area contributed by atoms with Crippen molar-refractivity contribution in [1.82, 2.24) is 0 Å². The molecule has 1 saturated heterocycles. The van der Waals surface area contributed by atoms with Gasteiger partial charge < -0.3 is 25.2 Å². The van der Waals surface area contributed by atoms with E-state index in [4.69, 9.17) is 4.74 Å². The molecule has 1 fully saturated rings. The van der Waals surface area contributed by atoms with E-state index in [0.717, 1.165) is 23.3 Å². The Kier molecular flexibility index (Phi) is 6.12. The molecule has 0 saturated carbocycles. The average molecular weight is 378 g/mol. The van der Waals surface area contributed by atoms with Crippen molar-refractivity contribution in [3.05, 3.63) is 56.8 Å². The summed E-state index contributed by atoms with van der Waals surface area (Å²) in [6, 6.07) is 10.5. The second kappa shape index (κ2) is 8.17. The van der Waals surface area contributed by atoms with Gasteiger partial charge in [-0.2, -0.15) is 0 Å². The fourth-order valence-electron chi connectivity index (χ4n) is 3.28. The van der Waals surface area contributed by atoms with Crippen molar-refractivity contribution < 1.29 is 25.2 Å². The van der Waals surface area contributed by atoms with Crippen LogP contribution in [0.2, 0.25) is 0 Å². The Morgan fingerprint density at radius 1 is 1.00 bits per heavy atom. The average Bonchev–Trinajstić information content (AvgIpc) is 3.01. The summed E-state index contributed by atoms with van der Waals surface area (Å²) < 4.78 is 5.67. The molecule has 142 valence electrons. The van der Waals surface area contributed by atoms with Gasteiger partial charge in [-0.25, -0.2) is 0 Å². The molecule has 4 N–H and O–H groups in total. The summed E-state index contributed by atoms with van der Waals surface area (Å²) in [6.07, 6.45) is -3.75. The molecule has 0 radical (unpaired) electrons. The fourth-order valence-corrected chi connectivity index (χ4v) is 4.57. The highest BCUT2D eigenvalue weighted by molar-refractivity contribution is 7.12. The molecule has 1 aliphatic heterocycles. The molecule has 5 atom stereocenters. The van der Waals surface area contributed by atoms with Crippen LogP contribution in [0.5, 0.6) is 0 Å². The maximum absolute atomic E-state index is 10.3. The van der Waals surface area contributed by atoms with Crippen LogP contribution in [0.1, 0.15) is 39.5 Å². The third-order valence-electron chi connectivity index (χ3n) is 5.01. The highest BCUT2D eigenvalue weighted by Crippen LogP contribution is 2.37. The Morgan fingerprint density at radius 2 is 1.65 bits per heavy atom. The molecule has 1 aromatic heterocycles. The molecule has 2 heterocycles. The van der Waals surface area contributed by atoms with E-state index in [1.54, 1.807) is 0 Å². The Labute approximate surface area is 157 Å². The molecule has 0 bridgehead atoms. The zero-order valence-electron chi connectivity index (χ0n) is 15.0. The molecule has 0 amide bonds. The third-order valence-corrected chi connectivity index (χ3v) is 6.31. The number of ether oxygens (including phenoxy) is 1. The highest BCUT2D eigenvalue weighted by atomic mass is 32.1. The van der Waals surface area contributed by atoms with Gasteiger partial charge in [0.15, 0.2) is 0 Å². The smallest absolute Gasteiger partial charge is 0.121 e. The predicted octanol–water partition coefficient (Wildman–Crippen LogP) is 1.72. The van der Waals surface area contributed by atoms with Gasteiger partial charge >= 0.3 is 0 Å². The first-order valence-electron chi connectivity index (χ1n) is 8.92. The van der Waals surface area contributed by atoms with Gasteiger partial charge in [0.25, 0.3) is 0 Å². The second-order valence-electron chi connectivity index (χ2n) is 6.85. The maximum Gasteiger partial charge on any atom is 0.121 e.